The minimum atomic E-state index is -1.64. The third-order valence-electron chi connectivity index (χ3n) is 17.9. The number of urea groups is 3. The number of imide groups is 3. The van der Waals surface area contributed by atoms with Gasteiger partial charge in [-0.15, -0.1) is 0 Å². The van der Waals surface area contributed by atoms with E-state index in [1.807, 2.05) is 69.3 Å². The number of hydrogen-bond acceptors (Lipinski definition) is 19. The van der Waals surface area contributed by atoms with Crippen LogP contribution in [0.15, 0.2) is 122 Å². The van der Waals surface area contributed by atoms with Crippen LogP contribution in [0, 0.1) is 20.8 Å². The highest BCUT2D eigenvalue weighted by Crippen LogP contribution is 2.38. The van der Waals surface area contributed by atoms with Gasteiger partial charge < -0.3 is 59.3 Å². The molecular weight excluding hydrogens is 1270 g/mol. The zero-order chi connectivity index (χ0) is 68.9. The summed E-state index contributed by atoms with van der Waals surface area (Å²) in [5, 5.41) is 20.0. The number of hydrogen-bond donors (Lipinski definition) is 8. The first-order valence-corrected chi connectivity index (χ1v) is 30.9. The van der Waals surface area contributed by atoms with Gasteiger partial charge in [0.1, 0.15) is 50.9 Å². The van der Waals surface area contributed by atoms with Gasteiger partial charge in [0.2, 0.25) is 0 Å². The van der Waals surface area contributed by atoms with Crippen LogP contribution in [0.25, 0.3) is 33.3 Å². The molecule has 14 amide bonds. The van der Waals surface area contributed by atoms with Crippen molar-refractivity contribution in [2.24, 2.45) is 0 Å². The Hall–Kier alpha value is -12.6. The van der Waals surface area contributed by atoms with E-state index in [9.17, 15) is 57.5 Å². The lowest BCUT2D eigenvalue weighted by molar-refractivity contribution is -0.126. The molecule has 3 atom stereocenters. The zero-order valence-corrected chi connectivity index (χ0v) is 52.8. The first-order chi connectivity index (χ1) is 46.9. The average Bonchev–Trinajstić information content (AvgIpc) is 1.60. The van der Waals surface area contributed by atoms with E-state index in [4.69, 9.17) is 13.3 Å². The van der Waals surface area contributed by atoms with Gasteiger partial charge in [0, 0.05) is 67.6 Å². The largest absolute Gasteiger partial charge is 0.464 e. The Morgan fingerprint density at radius 1 is 0.480 bits per heavy atom. The molecule has 4 fully saturated rings. The summed E-state index contributed by atoms with van der Waals surface area (Å²) in [6, 6.07) is 28.7. The highest BCUT2D eigenvalue weighted by molar-refractivity contribution is 6.11. The van der Waals surface area contributed by atoms with Crippen LogP contribution in [0.3, 0.4) is 0 Å². The van der Waals surface area contributed by atoms with Gasteiger partial charge in [-0.1, -0.05) is 53.1 Å². The van der Waals surface area contributed by atoms with Crippen LogP contribution in [-0.2, 0) is 55.4 Å². The lowest BCUT2D eigenvalue weighted by Gasteiger charge is -2.28. The molecule has 12 heterocycles. The number of methoxy groups -OCH3 is 1. The lowest BCUT2D eigenvalue weighted by atomic mass is 9.95. The molecule has 30 heteroatoms. The van der Waals surface area contributed by atoms with E-state index in [0.717, 1.165) is 46.2 Å². The molecule has 98 heavy (non-hydrogen) atoms. The fourth-order valence-corrected chi connectivity index (χ4v) is 12.7. The van der Waals surface area contributed by atoms with E-state index in [-0.39, 0.29) is 89.6 Å². The molecule has 0 spiro atoms. The molecule has 6 aliphatic heterocycles. The Balaban J connectivity index is 0.000000126. The molecule has 16 rings (SSSR count). The molecule has 9 aromatic rings. The number of esters is 1. The number of carbonyl (C=O) groups excluding carboxylic acids is 12. The van der Waals surface area contributed by atoms with E-state index in [1.54, 1.807) is 24.3 Å². The second-order valence-electron chi connectivity index (χ2n) is 24.8. The number of amides is 14. The van der Waals surface area contributed by atoms with Crippen molar-refractivity contribution in [3.63, 3.8) is 0 Å². The average molecular weight is 1330 g/mol. The van der Waals surface area contributed by atoms with Crippen LogP contribution >= 0.6 is 0 Å². The minimum absolute atomic E-state index is 0.0712. The normalized spacial score (nSPS) is 20.4. The number of benzene rings is 3. The topological polar surface area (TPSA) is 398 Å². The third kappa shape index (κ3) is 11.0. The van der Waals surface area contributed by atoms with Crippen molar-refractivity contribution in [3.05, 3.63) is 194 Å². The van der Waals surface area contributed by atoms with Crippen LogP contribution in [0.5, 0.6) is 0 Å². The maximum Gasteiger partial charge on any atom is 0.356 e. The number of aryl methyl sites for hydroxylation is 3. The molecule has 0 unspecified atom stereocenters. The summed E-state index contributed by atoms with van der Waals surface area (Å²) < 4.78 is 22.4. The summed E-state index contributed by atoms with van der Waals surface area (Å²) in [6.45, 7) is 6.23. The van der Waals surface area contributed by atoms with E-state index in [0.29, 0.717) is 69.6 Å². The Kier molecular flexibility index (Phi) is 15.2. The number of rotatable bonds is 13. The monoisotopic (exact) mass is 1330 g/mol. The zero-order valence-electron chi connectivity index (χ0n) is 52.8. The van der Waals surface area contributed by atoms with E-state index in [1.165, 1.54) is 65.3 Å². The Labute approximate surface area is 553 Å². The standard InChI is InChI=1S/C24H21N5O5.C22H19N5O5.C22H18N4O6/c1-12-2-3-13-10-29(21(31)15(13)8-12)11-24(22(32)27-23(33)28-24)19-9-17-18(34-19)7-6-16(26-17)20(30)25-14-4-5-14;1-11-3-4-12-9-27(19(29)13(12)7-11)10-22(20(30)25-21(31)26-22)17-8-15-16(32-17)6-5-14(24-15)18(28)23-2;1-11-3-4-12-9-26(18(27)13(12)7-11)10-22(20(29)24-21(30)25-22)17-8-15-16(32-17)6-5-14(23-15)19(28)31-2/h2-3,6-9,14H,4-5,10-11H2,1H3,(H,25,30)(H2,27,28,32,33);3-8H,9-10H2,1-2H3,(H,23,28)(H2,25,26,30,31);3-8H,9-10H2,1-2H3,(H2,24,25,29,30)/t24-;2*22-/m000/s1. The van der Waals surface area contributed by atoms with Gasteiger partial charge in [0.15, 0.2) is 33.4 Å². The van der Waals surface area contributed by atoms with Gasteiger partial charge in [0.25, 0.3) is 47.3 Å². The summed E-state index contributed by atoms with van der Waals surface area (Å²) in [5.74, 6) is -3.48. The molecule has 7 aliphatic rings. The first kappa shape index (κ1) is 62.8. The molecule has 6 aromatic heterocycles. The fraction of sp³-hybridized carbons (Fsp3) is 0.250. The molecule has 0 radical (unpaired) electrons. The predicted octanol–water partition coefficient (Wildman–Crippen LogP) is 4.52. The molecule has 0 bridgehead atoms. The van der Waals surface area contributed by atoms with Gasteiger partial charge in [0.05, 0.1) is 26.7 Å². The molecule has 3 aromatic carbocycles. The van der Waals surface area contributed by atoms with Gasteiger partial charge >= 0.3 is 24.1 Å². The van der Waals surface area contributed by atoms with Crippen LogP contribution < -0.4 is 42.5 Å². The number of ether oxygens (including phenoxy) is 1. The summed E-state index contributed by atoms with van der Waals surface area (Å²) >= 11 is 0. The second kappa shape index (κ2) is 23.7. The number of carbonyl (C=O) groups is 12. The van der Waals surface area contributed by atoms with Crippen molar-refractivity contribution >= 4 is 105 Å². The van der Waals surface area contributed by atoms with Crippen molar-refractivity contribution in [2.75, 3.05) is 33.8 Å². The number of nitrogens with one attached hydrogen (secondary N) is 8. The molecule has 30 nitrogen and oxygen atoms in total. The smallest absolute Gasteiger partial charge is 0.356 e. The Morgan fingerprint density at radius 2 is 0.816 bits per heavy atom. The second-order valence-corrected chi connectivity index (χ2v) is 24.8. The molecule has 1 saturated carbocycles. The summed E-state index contributed by atoms with van der Waals surface area (Å²) in [4.78, 5) is 168. The lowest BCUT2D eigenvalue weighted by Crippen LogP contribution is -2.52. The van der Waals surface area contributed by atoms with Crippen LogP contribution in [-0.4, -0.2) is 141 Å². The molecular formula is C68H58N14O16. The molecule has 8 N–H and O–H groups in total. The summed E-state index contributed by atoms with van der Waals surface area (Å²) in [5.41, 5.74) is 4.77. The quantitative estimate of drug-likeness (QED) is 0.0581. The maximum atomic E-state index is 13.1. The van der Waals surface area contributed by atoms with Crippen molar-refractivity contribution in [1.29, 1.82) is 0 Å². The van der Waals surface area contributed by atoms with Gasteiger partial charge in [-0.3, -0.25) is 54.3 Å². The van der Waals surface area contributed by atoms with E-state index >= 15 is 0 Å². The number of nitrogens with zero attached hydrogens (tertiary/aromatic N) is 6. The predicted molar refractivity (Wildman–Crippen MR) is 340 cm³/mol. The SMILES string of the molecule is CNC(=O)c1ccc2oc([C@]3(CN4Cc5ccc(C)cc5C4=O)NC(=O)NC3=O)cc2n1.COC(=O)c1ccc2oc([C@]3(CN4Cc5ccc(C)cc5C4=O)NC(=O)NC3=O)cc2n1.Cc1ccc2c(c1)C(=O)N(C[C@@]1(c3cc4nc(C(=O)NC5CC5)ccc4o3)NC(=O)NC1=O)C2. The van der Waals surface area contributed by atoms with Gasteiger partial charge in [-0.25, -0.2) is 34.1 Å². The summed E-state index contributed by atoms with van der Waals surface area (Å²) in [6.07, 6.45) is 1.92. The maximum absolute atomic E-state index is 13.1. The van der Waals surface area contributed by atoms with E-state index < -0.39 is 58.4 Å². The number of aromatic nitrogens is 3. The Bertz CT molecular complexity index is 4850. The van der Waals surface area contributed by atoms with Crippen LogP contribution in [0.4, 0.5) is 14.4 Å². The number of fused-ring (bicyclic) bond motifs is 6. The van der Waals surface area contributed by atoms with Crippen molar-refractivity contribution in [1.82, 2.24) is 72.2 Å². The van der Waals surface area contributed by atoms with Crippen LogP contribution in [0.2, 0.25) is 0 Å². The Morgan fingerprint density at radius 3 is 1.13 bits per heavy atom. The highest BCUT2D eigenvalue weighted by atomic mass is 16.5. The van der Waals surface area contributed by atoms with Crippen molar-refractivity contribution < 1.29 is 75.5 Å². The number of pyridine rings is 3. The number of furan rings is 3. The van der Waals surface area contributed by atoms with Gasteiger partial charge in [-0.05, 0) is 105 Å². The van der Waals surface area contributed by atoms with Gasteiger partial charge in [-0.2, -0.15) is 0 Å². The minimum Gasteiger partial charge on any atom is -0.464 e. The first-order valence-electron chi connectivity index (χ1n) is 30.9. The molecule has 1 aliphatic carbocycles. The van der Waals surface area contributed by atoms with E-state index in [2.05, 4.69) is 62.2 Å². The van der Waals surface area contributed by atoms with Crippen LogP contribution in [0.1, 0.15) is 126 Å². The highest BCUT2D eigenvalue weighted by Gasteiger charge is 2.56. The molecule has 3 saturated heterocycles. The fourth-order valence-electron chi connectivity index (χ4n) is 12.7. The third-order valence-corrected chi connectivity index (χ3v) is 17.9. The van der Waals surface area contributed by atoms with Crippen molar-refractivity contribution in [3.8, 4) is 0 Å². The van der Waals surface area contributed by atoms with Crippen molar-refractivity contribution in [2.45, 2.75) is 75.9 Å². The molecule has 496 valence electrons. The summed E-state index contributed by atoms with van der Waals surface area (Å²) in [7, 11) is 2.74.